The number of benzene rings is 1. The van der Waals surface area contributed by atoms with E-state index in [1.807, 2.05) is 13.2 Å². The van der Waals surface area contributed by atoms with E-state index in [-0.39, 0.29) is 10.8 Å². The topological polar surface area (TPSA) is 75.5 Å². The van der Waals surface area contributed by atoms with Crippen LogP contribution in [0.5, 0.6) is 0 Å². The van der Waals surface area contributed by atoms with Crippen LogP contribution in [0.1, 0.15) is 29.8 Å². The summed E-state index contributed by atoms with van der Waals surface area (Å²) in [6.07, 6.45) is 3.54. The lowest BCUT2D eigenvalue weighted by atomic mass is 10.2. The molecule has 0 unspecified atom stereocenters. The maximum absolute atomic E-state index is 12.6. The van der Waals surface area contributed by atoms with E-state index in [4.69, 9.17) is 0 Å². The van der Waals surface area contributed by atoms with Gasteiger partial charge in [-0.15, -0.1) is 0 Å². The molecule has 1 aromatic carbocycles. The standard InChI is InChI=1S/C17H24N4O3S/c1-5-21(6-2)25(23,24)16-9-7-8-15(10-16)17(22)19(3)12-14-11-18-20(4)13-14/h7-11,13H,5-6,12H2,1-4H3. The van der Waals surface area contributed by atoms with Crippen molar-refractivity contribution in [3.05, 3.63) is 47.8 Å². The van der Waals surface area contributed by atoms with E-state index in [9.17, 15) is 13.2 Å². The van der Waals surface area contributed by atoms with Gasteiger partial charge in [-0.3, -0.25) is 9.48 Å². The number of sulfonamides is 1. The van der Waals surface area contributed by atoms with Gasteiger partial charge in [-0.25, -0.2) is 8.42 Å². The Morgan fingerprint density at radius 2 is 1.92 bits per heavy atom. The molecule has 2 rings (SSSR count). The summed E-state index contributed by atoms with van der Waals surface area (Å²) in [6.45, 7) is 4.75. The van der Waals surface area contributed by atoms with Crippen LogP contribution in [-0.2, 0) is 23.6 Å². The van der Waals surface area contributed by atoms with Crippen LogP contribution in [0, 0.1) is 0 Å². The van der Waals surface area contributed by atoms with Crippen molar-refractivity contribution in [2.45, 2.75) is 25.3 Å². The summed E-state index contributed by atoms with van der Waals surface area (Å²) in [5.74, 6) is -0.236. The Morgan fingerprint density at radius 1 is 1.24 bits per heavy atom. The molecule has 1 heterocycles. The quantitative estimate of drug-likeness (QED) is 0.750. The van der Waals surface area contributed by atoms with Crippen molar-refractivity contribution < 1.29 is 13.2 Å². The van der Waals surface area contributed by atoms with Crippen LogP contribution in [0.25, 0.3) is 0 Å². The van der Waals surface area contributed by atoms with Crippen LogP contribution in [0.2, 0.25) is 0 Å². The Kier molecular flexibility index (Phi) is 5.97. The average Bonchev–Trinajstić information content (AvgIpc) is 3.00. The molecule has 0 fully saturated rings. The molecule has 0 atom stereocenters. The van der Waals surface area contributed by atoms with E-state index in [0.29, 0.717) is 25.2 Å². The highest BCUT2D eigenvalue weighted by molar-refractivity contribution is 7.89. The van der Waals surface area contributed by atoms with E-state index in [2.05, 4.69) is 5.10 Å². The van der Waals surface area contributed by atoms with Crippen molar-refractivity contribution in [3.8, 4) is 0 Å². The molecule has 1 amide bonds. The van der Waals surface area contributed by atoms with Crippen molar-refractivity contribution in [3.63, 3.8) is 0 Å². The number of carbonyl (C=O) groups is 1. The predicted molar refractivity (Wildman–Crippen MR) is 95.6 cm³/mol. The molecule has 136 valence electrons. The molecular weight excluding hydrogens is 340 g/mol. The molecule has 7 nitrogen and oxygen atoms in total. The maximum Gasteiger partial charge on any atom is 0.253 e. The third kappa shape index (κ3) is 4.26. The molecule has 2 aromatic rings. The van der Waals surface area contributed by atoms with E-state index < -0.39 is 10.0 Å². The first-order valence-electron chi connectivity index (χ1n) is 8.12. The largest absolute Gasteiger partial charge is 0.337 e. The number of aryl methyl sites for hydroxylation is 1. The molecule has 0 spiro atoms. The van der Waals surface area contributed by atoms with Gasteiger partial charge in [0.25, 0.3) is 5.91 Å². The number of hydrogen-bond donors (Lipinski definition) is 0. The Morgan fingerprint density at radius 3 is 2.48 bits per heavy atom. The third-order valence-corrected chi connectivity index (χ3v) is 5.99. The summed E-state index contributed by atoms with van der Waals surface area (Å²) in [6, 6.07) is 6.19. The molecule has 0 radical (unpaired) electrons. The second-order valence-corrected chi connectivity index (χ2v) is 7.74. The van der Waals surface area contributed by atoms with Crippen LogP contribution in [0.4, 0.5) is 0 Å². The van der Waals surface area contributed by atoms with E-state index >= 15 is 0 Å². The molecule has 0 aliphatic rings. The lowest BCUT2D eigenvalue weighted by Gasteiger charge is -2.20. The minimum atomic E-state index is -3.59. The summed E-state index contributed by atoms with van der Waals surface area (Å²) in [5, 5.41) is 4.08. The highest BCUT2D eigenvalue weighted by Crippen LogP contribution is 2.18. The fraction of sp³-hybridized carbons (Fsp3) is 0.412. The first kappa shape index (κ1) is 19.1. The summed E-state index contributed by atoms with van der Waals surface area (Å²) >= 11 is 0. The van der Waals surface area contributed by atoms with Crippen LogP contribution < -0.4 is 0 Å². The average molecular weight is 364 g/mol. The first-order valence-corrected chi connectivity index (χ1v) is 9.56. The molecule has 0 saturated carbocycles. The summed E-state index contributed by atoms with van der Waals surface area (Å²) in [4.78, 5) is 14.3. The highest BCUT2D eigenvalue weighted by atomic mass is 32.2. The minimum absolute atomic E-state index is 0.136. The van der Waals surface area contributed by atoms with Crippen molar-refractivity contribution >= 4 is 15.9 Å². The summed E-state index contributed by atoms with van der Waals surface area (Å²) in [7, 11) is -0.0954. The van der Waals surface area contributed by atoms with Crippen LogP contribution >= 0.6 is 0 Å². The predicted octanol–water partition coefficient (Wildman–Crippen LogP) is 1.72. The normalized spacial score (nSPS) is 11.7. The second-order valence-electron chi connectivity index (χ2n) is 5.80. The molecule has 1 aromatic heterocycles. The van der Waals surface area contributed by atoms with Gasteiger partial charge in [0.1, 0.15) is 0 Å². The Hall–Kier alpha value is -2.19. The molecule has 0 N–H and O–H groups in total. The van der Waals surface area contributed by atoms with E-state index in [1.54, 1.807) is 48.8 Å². The summed E-state index contributed by atoms with van der Waals surface area (Å²) in [5.41, 5.74) is 1.25. The smallest absolute Gasteiger partial charge is 0.253 e. The molecule has 0 aliphatic heterocycles. The Bertz CT molecular complexity index is 841. The van der Waals surface area contributed by atoms with Gasteiger partial charge in [-0.2, -0.15) is 9.40 Å². The molecule has 25 heavy (non-hydrogen) atoms. The van der Waals surface area contributed by atoms with Gasteiger partial charge in [0.15, 0.2) is 0 Å². The summed E-state index contributed by atoms with van der Waals surface area (Å²) < 4.78 is 28.3. The fourth-order valence-corrected chi connectivity index (χ4v) is 4.13. The Labute approximate surface area is 148 Å². The van der Waals surface area contributed by atoms with Crippen LogP contribution in [-0.4, -0.2) is 53.4 Å². The lowest BCUT2D eigenvalue weighted by Crippen LogP contribution is -2.31. The van der Waals surface area contributed by atoms with Crippen LogP contribution in [0.3, 0.4) is 0 Å². The van der Waals surface area contributed by atoms with E-state index in [0.717, 1.165) is 5.56 Å². The van der Waals surface area contributed by atoms with Crippen LogP contribution in [0.15, 0.2) is 41.6 Å². The van der Waals surface area contributed by atoms with Gasteiger partial charge in [-0.05, 0) is 18.2 Å². The fourth-order valence-electron chi connectivity index (χ4n) is 2.62. The minimum Gasteiger partial charge on any atom is -0.337 e. The van der Waals surface area contributed by atoms with Gasteiger partial charge in [0.05, 0.1) is 11.1 Å². The zero-order valence-electron chi connectivity index (χ0n) is 15.0. The van der Waals surface area contributed by atoms with Crippen molar-refractivity contribution in [1.29, 1.82) is 0 Å². The maximum atomic E-state index is 12.6. The number of amides is 1. The molecule has 0 saturated heterocycles. The van der Waals surface area contributed by atoms with Gasteiger partial charge in [-0.1, -0.05) is 19.9 Å². The first-order chi connectivity index (χ1) is 11.8. The number of carbonyl (C=O) groups excluding carboxylic acids is 1. The molecule has 0 bridgehead atoms. The number of rotatable bonds is 7. The second kappa shape index (κ2) is 7.79. The Balaban J connectivity index is 2.24. The zero-order valence-corrected chi connectivity index (χ0v) is 15.8. The lowest BCUT2D eigenvalue weighted by molar-refractivity contribution is 0.0785. The highest BCUT2D eigenvalue weighted by Gasteiger charge is 2.23. The molecule has 0 aliphatic carbocycles. The zero-order chi connectivity index (χ0) is 18.6. The number of nitrogens with zero attached hydrogens (tertiary/aromatic N) is 4. The monoisotopic (exact) mass is 364 g/mol. The molecule has 8 heteroatoms. The van der Waals surface area contributed by atoms with Gasteiger partial charge < -0.3 is 4.90 Å². The van der Waals surface area contributed by atoms with E-state index in [1.165, 1.54) is 16.4 Å². The van der Waals surface area contributed by atoms with Crippen molar-refractivity contribution in [1.82, 2.24) is 19.0 Å². The third-order valence-electron chi connectivity index (χ3n) is 3.95. The number of hydrogen-bond acceptors (Lipinski definition) is 4. The van der Waals surface area contributed by atoms with Gasteiger partial charge >= 0.3 is 0 Å². The van der Waals surface area contributed by atoms with Crippen molar-refractivity contribution in [2.24, 2.45) is 7.05 Å². The van der Waals surface area contributed by atoms with Gasteiger partial charge in [0, 0.05) is 51.1 Å². The SMILES string of the molecule is CCN(CC)S(=O)(=O)c1cccc(C(=O)N(C)Cc2cnn(C)c2)c1. The number of aromatic nitrogens is 2. The van der Waals surface area contributed by atoms with Crippen molar-refractivity contribution in [2.75, 3.05) is 20.1 Å². The molecular formula is C17H24N4O3S. The van der Waals surface area contributed by atoms with Gasteiger partial charge in [0.2, 0.25) is 10.0 Å².